The molecular weight excluding hydrogens is 596 g/mol. The molecule has 242 valence electrons. The van der Waals surface area contributed by atoms with Gasteiger partial charge in [0.2, 0.25) is 10.0 Å². The van der Waals surface area contributed by atoms with Crippen LogP contribution in [0.25, 0.3) is 0 Å². The number of sulfonamides is 1. The Morgan fingerprint density at radius 2 is 1.82 bits per heavy atom. The number of halogens is 2. The number of rotatable bonds is 13. The first-order valence-electron chi connectivity index (χ1n) is 15.1. The number of aliphatic hydroxyl groups is 1. The molecule has 3 fully saturated rings. The van der Waals surface area contributed by atoms with Crippen LogP contribution in [-0.4, -0.2) is 75.7 Å². The minimum absolute atomic E-state index is 0.00413. The molecule has 2 bridgehead atoms. The Kier molecular flexibility index (Phi) is 9.96. The predicted octanol–water partition coefficient (Wildman–Crippen LogP) is 4.09. The molecule has 44 heavy (non-hydrogen) atoms. The first kappa shape index (κ1) is 32.7. The summed E-state index contributed by atoms with van der Waals surface area (Å²) in [7, 11) is -2.62. The van der Waals surface area contributed by atoms with Gasteiger partial charge in [0.15, 0.2) is 17.9 Å². The number of aliphatic hydroxyl groups excluding tert-OH is 1. The van der Waals surface area contributed by atoms with Crippen LogP contribution in [0, 0.1) is 48.1 Å². The minimum Gasteiger partial charge on any atom is -0.496 e. The maximum absolute atomic E-state index is 14.1. The van der Waals surface area contributed by atoms with Crippen LogP contribution in [0.2, 0.25) is 0 Å². The molecule has 0 spiro atoms. The molecular formula is C32H41F2NO8S. The van der Waals surface area contributed by atoms with E-state index in [2.05, 4.69) is 0 Å². The van der Waals surface area contributed by atoms with E-state index < -0.39 is 39.6 Å². The summed E-state index contributed by atoms with van der Waals surface area (Å²) >= 11 is 0. The number of carbonyl (C=O) groups excluding carboxylic acids is 1. The van der Waals surface area contributed by atoms with Crippen LogP contribution >= 0.6 is 0 Å². The van der Waals surface area contributed by atoms with Crippen LogP contribution in [0.1, 0.15) is 37.8 Å². The Morgan fingerprint density at radius 3 is 2.52 bits per heavy atom. The topological polar surface area (TPSA) is 112 Å². The Hall–Kier alpha value is -2.64. The maximum atomic E-state index is 14.1. The molecule has 0 aromatic heterocycles. The van der Waals surface area contributed by atoms with Gasteiger partial charge in [-0.15, -0.1) is 0 Å². The summed E-state index contributed by atoms with van der Waals surface area (Å²) in [5, 5.41) is 11.6. The molecule has 0 radical (unpaired) electrons. The Labute approximate surface area is 257 Å². The first-order chi connectivity index (χ1) is 20.9. The number of aryl methyl sites for hydroxylation is 1. The van der Waals surface area contributed by atoms with Crippen LogP contribution in [0.4, 0.5) is 8.78 Å². The van der Waals surface area contributed by atoms with Crippen LogP contribution in [-0.2, 0) is 35.4 Å². The zero-order valence-electron chi connectivity index (χ0n) is 25.4. The first-order valence-corrected chi connectivity index (χ1v) is 16.5. The van der Waals surface area contributed by atoms with Crippen molar-refractivity contribution in [3.63, 3.8) is 0 Å². The molecule has 2 aliphatic heterocycles. The zero-order valence-corrected chi connectivity index (χ0v) is 26.3. The van der Waals surface area contributed by atoms with E-state index in [9.17, 15) is 27.1 Å². The number of ether oxygens (including phenoxy) is 4. The van der Waals surface area contributed by atoms with Gasteiger partial charge >= 0.3 is 5.97 Å². The standard InChI is InChI=1S/C32H41F2NO8S/c1-18(2)14-35(44(38,39)23-7-5-19(3)29(13-23)40-4)15-28(36)21(9-20-6-8-26(33)27(34)10-20)12-30(37)43-31-22-11-24-25(31)17-42-32(24)41-16-22/h5-8,10,13,18,21-22,24-25,28,31-32,36H,9,11-12,14-17H2,1-4H3/t21-,22?,24?,25?,28-,31?,32?/m1/s1. The van der Waals surface area contributed by atoms with E-state index in [4.69, 9.17) is 18.9 Å². The van der Waals surface area contributed by atoms with Crippen LogP contribution in [0.3, 0.4) is 0 Å². The van der Waals surface area contributed by atoms with Gasteiger partial charge in [0.05, 0.1) is 37.7 Å². The molecule has 1 aliphatic carbocycles. The molecule has 0 amide bonds. The van der Waals surface area contributed by atoms with E-state index in [1.54, 1.807) is 13.0 Å². The Balaban J connectivity index is 1.37. The SMILES string of the molecule is COc1cc(S(=O)(=O)N(CC(C)C)C[C@@H](O)[C@@H](CC(=O)OC2C3COC4OCC2C4C3)Cc2ccc(F)c(F)c2)ccc1C. The minimum atomic E-state index is -4.08. The molecule has 2 saturated heterocycles. The van der Waals surface area contributed by atoms with E-state index in [0.717, 1.165) is 24.1 Å². The summed E-state index contributed by atoms with van der Waals surface area (Å²) in [6.45, 7) is 6.18. The average molecular weight is 638 g/mol. The predicted molar refractivity (Wildman–Crippen MR) is 156 cm³/mol. The Morgan fingerprint density at radius 1 is 1.07 bits per heavy atom. The van der Waals surface area contributed by atoms with E-state index in [1.165, 1.54) is 29.6 Å². The molecule has 1 N–H and O–H groups in total. The van der Waals surface area contributed by atoms with Gasteiger partial charge in [-0.05, 0) is 55.0 Å². The largest absolute Gasteiger partial charge is 0.496 e. The number of hydrogen-bond donors (Lipinski definition) is 1. The summed E-state index contributed by atoms with van der Waals surface area (Å²) in [5.41, 5.74) is 1.13. The highest BCUT2D eigenvalue weighted by Crippen LogP contribution is 2.49. The number of methoxy groups -OCH3 is 1. The van der Waals surface area contributed by atoms with Crippen molar-refractivity contribution in [1.29, 1.82) is 0 Å². The summed E-state index contributed by atoms with van der Waals surface area (Å²) < 4.78 is 79.4. The average Bonchev–Trinajstić information content (AvgIpc) is 3.50. The lowest BCUT2D eigenvalue weighted by molar-refractivity contribution is -0.178. The summed E-state index contributed by atoms with van der Waals surface area (Å²) in [4.78, 5) is 13.4. The monoisotopic (exact) mass is 637 g/mol. The van der Waals surface area contributed by atoms with Crippen LogP contribution in [0.5, 0.6) is 5.75 Å². The molecule has 1 saturated carbocycles. The third-order valence-corrected chi connectivity index (χ3v) is 10.8. The molecule has 9 nitrogen and oxygen atoms in total. The second-order valence-corrected chi connectivity index (χ2v) is 14.6. The van der Waals surface area contributed by atoms with Crippen molar-refractivity contribution < 1.29 is 46.0 Å². The van der Waals surface area contributed by atoms with Crippen LogP contribution < -0.4 is 4.74 Å². The van der Waals surface area contributed by atoms with Crippen molar-refractivity contribution in [2.75, 3.05) is 33.4 Å². The Bertz CT molecular complexity index is 1450. The number of benzene rings is 2. The number of carbonyl (C=O) groups is 1. The van der Waals surface area contributed by atoms with Crippen molar-refractivity contribution in [2.24, 2.45) is 29.6 Å². The fourth-order valence-corrected chi connectivity index (χ4v) is 8.36. The third-order valence-electron chi connectivity index (χ3n) is 8.99. The van der Waals surface area contributed by atoms with Gasteiger partial charge in [-0.1, -0.05) is 26.0 Å². The van der Waals surface area contributed by atoms with Crippen molar-refractivity contribution in [3.05, 3.63) is 59.2 Å². The fourth-order valence-electron chi connectivity index (χ4n) is 6.72. The van der Waals surface area contributed by atoms with Crippen molar-refractivity contribution >= 4 is 16.0 Å². The molecule has 12 heteroatoms. The molecule has 2 heterocycles. The lowest BCUT2D eigenvalue weighted by Crippen LogP contribution is -2.43. The van der Waals surface area contributed by atoms with Crippen molar-refractivity contribution in [1.82, 2.24) is 4.31 Å². The quantitative estimate of drug-likeness (QED) is 0.327. The van der Waals surface area contributed by atoms with E-state index in [0.29, 0.717) is 24.5 Å². The van der Waals surface area contributed by atoms with E-state index in [-0.39, 0.29) is 66.9 Å². The van der Waals surface area contributed by atoms with Gasteiger partial charge in [-0.3, -0.25) is 4.79 Å². The highest BCUT2D eigenvalue weighted by molar-refractivity contribution is 7.89. The van der Waals surface area contributed by atoms with Crippen molar-refractivity contribution in [2.45, 2.75) is 63.4 Å². The lowest BCUT2D eigenvalue weighted by Gasteiger charge is -2.31. The summed E-state index contributed by atoms with van der Waals surface area (Å²) in [6.07, 6.45) is -1.39. The highest BCUT2D eigenvalue weighted by Gasteiger charge is 2.56. The number of hydrogen-bond acceptors (Lipinski definition) is 8. The molecule has 5 rings (SSSR count). The summed E-state index contributed by atoms with van der Waals surface area (Å²) in [5.74, 6) is -2.88. The maximum Gasteiger partial charge on any atom is 0.306 e. The molecule has 5 unspecified atom stereocenters. The zero-order chi connectivity index (χ0) is 31.8. The normalized spacial score (nSPS) is 25.8. The number of fused-ring (bicyclic) bond motifs is 1. The highest BCUT2D eigenvalue weighted by atomic mass is 32.2. The van der Waals surface area contributed by atoms with Gasteiger partial charge in [0.1, 0.15) is 11.9 Å². The second kappa shape index (κ2) is 13.4. The molecule has 3 aliphatic rings. The third kappa shape index (κ3) is 6.94. The van der Waals surface area contributed by atoms with Gasteiger partial charge < -0.3 is 24.1 Å². The van der Waals surface area contributed by atoms with Gasteiger partial charge in [-0.25, -0.2) is 17.2 Å². The van der Waals surface area contributed by atoms with Crippen molar-refractivity contribution in [3.8, 4) is 5.75 Å². The van der Waals surface area contributed by atoms with E-state index >= 15 is 0 Å². The fraction of sp³-hybridized carbons (Fsp3) is 0.594. The number of esters is 1. The van der Waals surface area contributed by atoms with Gasteiger partial charge in [0.25, 0.3) is 0 Å². The second-order valence-electron chi connectivity index (χ2n) is 12.6. The van der Waals surface area contributed by atoms with E-state index in [1.807, 2.05) is 13.8 Å². The molecule has 2 aromatic carbocycles. The lowest BCUT2D eigenvalue weighted by atomic mass is 9.90. The smallest absolute Gasteiger partial charge is 0.306 e. The van der Waals surface area contributed by atoms with Gasteiger partial charge in [-0.2, -0.15) is 4.31 Å². The van der Waals surface area contributed by atoms with Crippen LogP contribution in [0.15, 0.2) is 41.3 Å². The van der Waals surface area contributed by atoms with Gasteiger partial charge in [0, 0.05) is 42.8 Å². The summed E-state index contributed by atoms with van der Waals surface area (Å²) in [6, 6.07) is 7.98. The molecule has 2 aromatic rings. The number of nitrogens with zero attached hydrogens (tertiary/aromatic N) is 1. The molecule has 7 atom stereocenters.